The van der Waals surface area contributed by atoms with E-state index in [4.69, 9.17) is 0 Å². The number of aromatic amines is 1. The SMILES string of the molecule is CC(C)c1c(Br)ccc2[nH]c(S(=O)(=O)NCc3ccc(-c4ccccc4)cc3)cc12. The summed E-state index contributed by atoms with van der Waals surface area (Å²) in [5.74, 6) is 0.269. The molecule has 0 aliphatic carbocycles. The third-order valence-electron chi connectivity index (χ3n) is 5.16. The topological polar surface area (TPSA) is 62.0 Å². The van der Waals surface area contributed by atoms with E-state index in [1.165, 1.54) is 0 Å². The van der Waals surface area contributed by atoms with Crippen LogP contribution in [0.3, 0.4) is 0 Å². The van der Waals surface area contributed by atoms with E-state index in [1.54, 1.807) is 6.07 Å². The maximum absolute atomic E-state index is 12.9. The van der Waals surface area contributed by atoms with Crippen LogP contribution in [0.15, 0.2) is 82.3 Å². The molecule has 154 valence electrons. The van der Waals surface area contributed by atoms with Crippen LogP contribution in [0.5, 0.6) is 0 Å². The number of rotatable bonds is 6. The number of H-pyrrole nitrogens is 1. The van der Waals surface area contributed by atoms with Gasteiger partial charge in [-0.2, -0.15) is 0 Å². The molecule has 0 unspecified atom stereocenters. The van der Waals surface area contributed by atoms with Gasteiger partial charge in [0.2, 0.25) is 0 Å². The maximum atomic E-state index is 12.9. The van der Waals surface area contributed by atoms with E-state index in [0.717, 1.165) is 37.6 Å². The summed E-state index contributed by atoms with van der Waals surface area (Å²) in [6, 6.07) is 23.6. The van der Waals surface area contributed by atoms with E-state index in [2.05, 4.69) is 51.6 Å². The second kappa shape index (κ2) is 8.38. The third kappa shape index (κ3) is 4.21. The predicted molar refractivity (Wildman–Crippen MR) is 126 cm³/mol. The molecule has 0 saturated heterocycles. The van der Waals surface area contributed by atoms with Crippen LogP contribution in [0.1, 0.15) is 30.9 Å². The lowest BCUT2D eigenvalue weighted by Crippen LogP contribution is -2.23. The van der Waals surface area contributed by atoms with Gasteiger partial charge in [-0.15, -0.1) is 0 Å². The third-order valence-corrected chi connectivity index (χ3v) is 7.18. The van der Waals surface area contributed by atoms with Crippen LogP contribution in [0, 0.1) is 0 Å². The highest BCUT2D eigenvalue weighted by Gasteiger charge is 2.19. The molecule has 6 heteroatoms. The first kappa shape index (κ1) is 20.8. The number of fused-ring (bicyclic) bond motifs is 1. The second-order valence-electron chi connectivity index (χ2n) is 7.60. The second-order valence-corrected chi connectivity index (χ2v) is 10.2. The molecule has 0 saturated carbocycles. The smallest absolute Gasteiger partial charge is 0.256 e. The van der Waals surface area contributed by atoms with Gasteiger partial charge in [0.1, 0.15) is 5.03 Å². The fourth-order valence-corrected chi connectivity index (χ4v) is 5.44. The molecule has 1 aromatic heterocycles. The van der Waals surface area contributed by atoms with Gasteiger partial charge in [-0.05, 0) is 46.4 Å². The van der Waals surface area contributed by atoms with E-state index in [0.29, 0.717) is 0 Å². The molecule has 30 heavy (non-hydrogen) atoms. The van der Waals surface area contributed by atoms with Gasteiger partial charge in [-0.3, -0.25) is 0 Å². The molecule has 3 aromatic carbocycles. The van der Waals surface area contributed by atoms with Gasteiger partial charge in [0.05, 0.1) is 0 Å². The van der Waals surface area contributed by atoms with Crippen molar-refractivity contribution in [1.82, 2.24) is 9.71 Å². The van der Waals surface area contributed by atoms with E-state index in [9.17, 15) is 8.42 Å². The molecule has 0 amide bonds. The molecule has 4 rings (SSSR count). The van der Waals surface area contributed by atoms with Gasteiger partial charge in [-0.25, -0.2) is 13.1 Å². The zero-order valence-electron chi connectivity index (χ0n) is 16.8. The molecule has 4 nitrogen and oxygen atoms in total. The molecule has 1 heterocycles. The van der Waals surface area contributed by atoms with Crippen LogP contribution in [0.4, 0.5) is 0 Å². The predicted octanol–water partition coefficient (Wildman–Crippen LogP) is 6.20. The van der Waals surface area contributed by atoms with Crippen LogP contribution in [-0.2, 0) is 16.6 Å². The fourth-order valence-electron chi connectivity index (χ4n) is 3.61. The lowest BCUT2D eigenvalue weighted by molar-refractivity contribution is 0.578. The van der Waals surface area contributed by atoms with Gasteiger partial charge in [0, 0.05) is 21.9 Å². The van der Waals surface area contributed by atoms with Crippen LogP contribution in [-0.4, -0.2) is 13.4 Å². The molecule has 4 aromatic rings. The number of hydrogen-bond donors (Lipinski definition) is 2. The van der Waals surface area contributed by atoms with Crippen molar-refractivity contribution >= 4 is 36.9 Å². The minimum Gasteiger partial charge on any atom is -0.345 e. The summed E-state index contributed by atoms with van der Waals surface area (Å²) in [6.45, 7) is 4.42. The first-order valence-corrected chi connectivity index (χ1v) is 12.1. The van der Waals surface area contributed by atoms with Crippen molar-refractivity contribution in [2.75, 3.05) is 0 Å². The number of benzene rings is 3. The Morgan fingerprint density at radius 1 is 0.933 bits per heavy atom. The molecule has 0 spiro atoms. The Bertz CT molecular complexity index is 1280. The zero-order chi connectivity index (χ0) is 21.3. The summed E-state index contributed by atoms with van der Waals surface area (Å²) in [4.78, 5) is 3.05. The summed E-state index contributed by atoms with van der Waals surface area (Å²) in [7, 11) is -3.66. The molecule has 0 radical (unpaired) electrons. The van der Waals surface area contributed by atoms with Gasteiger partial charge < -0.3 is 4.98 Å². The molecule has 2 N–H and O–H groups in total. The quantitative estimate of drug-likeness (QED) is 0.343. The average molecular weight is 483 g/mol. The Kier molecular flexibility index (Phi) is 5.82. The molecule has 0 bridgehead atoms. The minimum atomic E-state index is -3.66. The van der Waals surface area contributed by atoms with E-state index < -0.39 is 10.0 Å². The standard InChI is InChI=1S/C24H23BrN2O2S/c1-16(2)24-20-14-23(27-22(20)13-12-21(24)25)30(28,29)26-15-17-8-10-19(11-9-17)18-6-4-3-5-7-18/h3-14,16,26-27H,15H2,1-2H3. The van der Waals surface area contributed by atoms with Gasteiger partial charge in [0.15, 0.2) is 0 Å². The maximum Gasteiger partial charge on any atom is 0.256 e. The summed E-state index contributed by atoms with van der Waals surface area (Å²) >= 11 is 3.58. The Morgan fingerprint density at radius 2 is 1.60 bits per heavy atom. The number of aromatic nitrogens is 1. The van der Waals surface area contributed by atoms with E-state index >= 15 is 0 Å². The van der Waals surface area contributed by atoms with Crippen molar-refractivity contribution in [3.63, 3.8) is 0 Å². The van der Waals surface area contributed by atoms with Crippen LogP contribution < -0.4 is 4.72 Å². The van der Waals surface area contributed by atoms with Gasteiger partial charge in [-0.1, -0.05) is 84.4 Å². The Hall–Kier alpha value is -2.41. The number of sulfonamides is 1. The molecule has 0 atom stereocenters. The molecular formula is C24H23BrN2O2S. The lowest BCUT2D eigenvalue weighted by atomic mass is 9.99. The Labute approximate surface area is 185 Å². The van der Waals surface area contributed by atoms with Crippen molar-refractivity contribution in [2.24, 2.45) is 0 Å². The lowest BCUT2D eigenvalue weighted by Gasteiger charge is -2.09. The number of nitrogens with one attached hydrogen (secondary N) is 2. The molecular weight excluding hydrogens is 460 g/mol. The average Bonchev–Trinajstić information content (AvgIpc) is 3.18. The molecule has 0 fully saturated rings. The van der Waals surface area contributed by atoms with Crippen molar-refractivity contribution in [3.05, 3.63) is 88.4 Å². The van der Waals surface area contributed by atoms with E-state index in [-0.39, 0.29) is 17.5 Å². The van der Waals surface area contributed by atoms with Gasteiger partial charge in [0.25, 0.3) is 10.0 Å². The first-order valence-electron chi connectivity index (χ1n) is 9.80. The summed E-state index contributed by atoms with van der Waals surface area (Å²) in [5, 5.41) is 1.10. The summed E-state index contributed by atoms with van der Waals surface area (Å²) in [5.41, 5.74) is 5.05. The van der Waals surface area contributed by atoms with Crippen molar-refractivity contribution in [1.29, 1.82) is 0 Å². The largest absolute Gasteiger partial charge is 0.345 e. The van der Waals surface area contributed by atoms with E-state index in [1.807, 2.05) is 54.6 Å². The monoisotopic (exact) mass is 482 g/mol. The highest BCUT2D eigenvalue weighted by Crippen LogP contribution is 2.33. The molecule has 0 aliphatic heterocycles. The van der Waals surface area contributed by atoms with Crippen LogP contribution in [0.2, 0.25) is 0 Å². The Morgan fingerprint density at radius 3 is 2.27 bits per heavy atom. The van der Waals surface area contributed by atoms with Gasteiger partial charge >= 0.3 is 0 Å². The molecule has 0 aliphatic rings. The van der Waals surface area contributed by atoms with Crippen LogP contribution >= 0.6 is 15.9 Å². The highest BCUT2D eigenvalue weighted by molar-refractivity contribution is 9.10. The van der Waals surface area contributed by atoms with Crippen molar-refractivity contribution in [3.8, 4) is 11.1 Å². The van der Waals surface area contributed by atoms with Crippen molar-refractivity contribution in [2.45, 2.75) is 31.3 Å². The summed E-state index contributed by atoms with van der Waals surface area (Å²) < 4.78 is 29.4. The highest BCUT2D eigenvalue weighted by atomic mass is 79.9. The van der Waals surface area contributed by atoms with Crippen LogP contribution in [0.25, 0.3) is 22.0 Å². The Balaban J connectivity index is 1.54. The first-order chi connectivity index (χ1) is 14.3. The minimum absolute atomic E-state index is 0.179. The fraction of sp³-hybridized carbons (Fsp3) is 0.167. The number of halogens is 1. The zero-order valence-corrected chi connectivity index (χ0v) is 19.2. The normalized spacial score (nSPS) is 12.0. The number of hydrogen-bond acceptors (Lipinski definition) is 2. The summed E-state index contributed by atoms with van der Waals surface area (Å²) in [6.07, 6.45) is 0. The van der Waals surface area contributed by atoms with Crippen molar-refractivity contribution < 1.29 is 8.42 Å².